The van der Waals surface area contributed by atoms with Crippen LogP contribution in [-0.4, -0.2) is 69.3 Å². The zero-order valence-electron chi connectivity index (χ0n) is 30.6. The van der Waals surface area contributed by atoms with Crippen molar-refractivity contribution in [3.63, 3.8) is 0 Å². The molecule has 3 aromatic heterocycles. The van der Waals surface area contributed by atoms with Gasteiger partial charge in [-0.05, 0) is 102 Å². The highest BCUT2D eigenvalue weighted by Gasteiger charge is 2.27. The van der Waals surface area contributed by atoms with E-state index in [9.17, 15) is 23.2 Å². The number of alkyl halides is 2. The number of imide groups is 1. The Bertz CT molecular complexity index is 1900. The van der Waals surface area contributed by atoms with Gasteiger partial charge >= 0.3 is 0 Å². The van der Waals surface area contributed by atoms with Gasteiger partial charge in [0.25, 0.3) is 12.3 Å². The lowest BCUT2D eigenvalue weighted by atomic mass is 9.87. The van der Waals surface area contributed by atoms with Crippen molar-refractivity contribution in [2.75, 3.05) is 30.8 Å². The number of nitrogens with one attached hydrogen (secondary N) is 3. The fraction of sp³-hybridized carbons (Fsp3) is 0.475. The SMILES string of the molecule is CC(C)Oc1cc2nc(C3CCCCC3)cn2cc1C(=O)Nc1cccc(C(F)F)n1.CN1CCC(c2cccc(NC3CCC(=O)NC3=O)c2)CC1. The van der Waals surface area contributed by atoms with Crippen molar-refractivity contribution in [2.45, 2.75) is 102 Å². The van der Waals surface area contributed by atoms with Gasteiger partial charge in [-0.25, -0.2) is 18.7 Å². The largest absolute Gasteiger partial charge is 0.490 e. The van der Waals surface area contributed by atoms with Gasteiger partial charge < -0.3 is 24.7 Å². The highest BCUT2D eigenvalue weighted by atomic mass is 19.3. The molecule has 3 aliphatic rings. The van der Waals surface area contributed by atoms with Crippen molar-refractivity contribution in [1.29, 1.82) is 0 Å². The number of aromatic nitrogens is 3. The number of hydrogen-bond donors (Lipinski definition) is 3. The minimum atomic E-state index is -2.71. The average molecular weight is 730 g/mol. The van der Waals surface area contributed by atoms with Crippen molar-refractivity contribution in [1.82, 2.24) is 24.6 Å². The van der Waals surface area contributed by atoms with E-state index in [1.165, 1.54) is 55.9 Å². The number of nitrogens with zero attached hydrogens (tertiary/aromatic N) is 4. The van der Waals surface area contributed by atoms with Gasteiger partial charge in [0.05, 0.1) is 17.4 Å². The summed E-state index contributed by atoms with van der Waals surface area (Å²) < 4.78 is 33.6. The second kappa shape index (κ2) is 17.3. The molecule has 1 atom stereocenters. The molecule has 2 saturated heterocycles. The lowest BCUT2D eigenvalue weighted by molar-refractivity contribution is -0.133. The van der Waals surface area contributed by atoms with Crippen molar-refractivity contribution in [2.24, 2.45) is 0 Å². The molecule has 1 unspecified atom stereocenters. The maximum Gasteiger partial charge on any atom is 0.280 e. The molecule has 0 radical (unpaired) electrons. The molecule has 0 spiro atoms. The Morgan fingerprint density at radius 1 is 0.925 bits per heavy atom. The van der Waals surface area contributed by atoms with E-state index in [1.807, 2.05) is 36.6 Å². The maximum atomic E-state index is 13.0. The number of pyridine rings is 2. The standard InChI is InChI=1S/C23H26F2N4O2.C17H23N3O2/c1-14(2)31-19-11-21-27-18(15-7-4-3-5-8-15)13-29(21)12-16(19)23(30)28-20-10-6-9-17(26-20)22(24)25;1-20-9-7-12(8-10-20)13-3-2-4-14(11-13)18-15-5-6-16(21)19-17(15)22/h6,9-15,22H,3-5,7-8H2,1-2H3,(H,26,28,30);2-4,11-12,15,18H,5-10H2,1H3,(H,19,21,22). The molecule has 7 rings (SSSR count). The summed E-state index contributed by atoms with van der Waals surface area (Å²) in [5.74, 6) is 0.604. The fourth-order valence-electron chi connectivity index (χ4n) is 7.24. The van der Waals surface area contributed by atoms with E-state index in [4.69, 9.17) is 9.72 Å². The van der Waals surface area contributed by atoms with Gasteiger partial charge in [0.15, 0.2) is 0 Å². The van der Waals surface area contributed by atoms with Crippen LogP contribution in [0.15, 0.2) is 60.9 Å². The molecule has 3 fully saturated rings. The van der Waals surface area contributed by atoms with E-state index in [2.05, 4.69) is 45.0 Å². The number of piperidine rings is 2. The van der Waals surface area contributed by atoms with Crippen molar-refractivity contribution >= 4 is 34.9 Å². The lowest BCUT2D eigenvalue weighted by Crippen LogP contribution is -2.47. The van der Waals surface area contributed by atoms with Gasteiger partial charge in [0.2, 0.25) is 11.8 Å². The van der Waals surface area contributed by atoms with Crippen LogP contribution in [0, 0.1) is 0 Å². The summed E-state index contributed by atoms with van der Waals surface area (Å²) in [5.41, 5.74) is 3.94. The second-order valence-electron chi connectivity index (χ2n) is 14.5. The third-order valence-corrected chi connectivity index (χ3v) is 10.1. The first kappa shape index (κ1) is 37.8. The van der Waals surface area contributed by atoms with Crippen LogP contribution in [0.3, 0.4) is 0 Å². The average Bonchev–Trinajstić information content (AvgIpc) is 3.56. The second-order valence-corrected chi connectivity index (χ2v) is 14.5. The molecule has 3 amide bonds. The van der Waals surface area contributed by atoms with Gasteiger partial charge in [-0.1, -0.05) is 37.5 Å². The third kappa shape index (κ3) is 9.95. The maximum absolute atomic E-state index is 13.0. The van der Waals surface area contributed by atoms with Crippen molar-refractivity contribution < 1.29 is 27.9 Å². The number of fused-ring (bicyclic) bond motifs is 1. The van der Waals surface area contributed by atoms with Gasteiger partial charge in [-0.2, -0.15) is 0 Å². The first-order valence-corrected chi connectivity index (χ1v) is 18.7. The highest BCUT2D eigenvalue weighted by Crippen LogP contribution is 2.34. The fourth-order valence-corrected chi connectivity index (χ4v) is 7.24. The van der Waals surface area contributed by atoms with E-state index in [0.29, 0.717) is 36.1 Å². The molecular formula is C40H49F2N7O4. The van der Waals surface area contributed by atoms with Gasteiger partial charge in [-0.15, -0.1) is 0 Å². The Balaban J connectivity index is 0.000000192. The zero-order valence-corrected chi connectivity index (χ0v) is 30.6. The Kier molecular flexibility index (Phi) is 12.3. The molecule has 13 heteroatoms. The zero-order chi connectivity index (χ0) is 37.5. The van der Waals surface area contributed by atoms with Crippen LogP contribution in [-0.2, 0) is 9.59 Å². The molecule has 11 nitrogen and oxygen atoms in total. The summed E-state index contributed by atoms with van der Waals surface area (Å²) in [6, 6.07) is 13.9. The van der Waals surface area contributed by atoms with E-state index >= 15 is 0 Å². The normalized spacial score (nSPS) is 18.8. The predicted octanol–water partition coefficient (Wildman–Crippen LogP) is 7.47. The number of anilines is 2. The number of amides is 3. The first-order valence-electron chi connectivity index (χ1n) is 18.7. The van der Waals surface area contributed by atoms with E-state index in [1.54, 1.807) is 12.3 Å². The van der Waals surface area contributed by atoms with Crippen molar-refractivity contribution in [3.05, 3.63) is 83.4 Å². The van der Waals surface area contributed by atoms with Crippen LogP contribution in [0.25, 0.3) is 5.65 Å². The summed E-state index contributed by atoms with van der Waals surface area (Å²) in [7, 11) is 2.16. The molecule has 0 bridgehead atoms. The molecule has 1 aromatic carbocycles. The number of carbonyl (C=O) groups excluding carboxylic acids is 3. The number of ether oxygens (including phenoxy) is 1. The molecule has 282 valence electrons. The summed E-state index contributed by atoms with van der Waals surface area (Å²) in [6.45, 7) is 6.02. The molecular weight excluding hydrogens is 680 g/mol. The first-order chi connectivity index (χ1) is 25.5. The molecule has 53 heavy (non-hydrogen) atoms. The number of benzene rings is 1. The van der Waals surface area contributed by atoms with Crippen LogP contribution < -0.4 is 20.7 Å². The molecule has 4 aromatic rings. The Morgan fingerprint density at radius 2 is 1.68 bits per heavy atom. The van der Waals surface area contributed by atoms with E-state index in [0.717, 1.165) is 37.3 Å². The summed E-state index contributed by atoms with van der Waals surface area (Å²) in [4.78, 5) is 47.0. The Labute approximate surface area is 308 Å². The number of rotatable bonds is 9. The van der Waals surface area contributed by atoms with E-state index < -0.39 is 18.0 Å². The summed E-state index contributed by atoms with van der Waals surface area (Å²) >= 11 is 0. The molecule has 1 aliphatic carbocycles. The summed E-state index contributed by atoms with van der Waals surface area (Å²) in [6.07, 6.45) is 10.0. The lowest BCUT2D eigenvalue weighted by Gasteiger charge is -2.29. The smallest absolute Gasteiger partial charge is 0.280 e. The summed E-state index contributed by atoms with van der Waals surface area (Å²) in [5, 5.41) is 8.26. The number of carbonyl (C=O) groups is 3. The molecule has 2 aliphatic heterocycles. The quantitative estimate of drug-likeness (QED) is 0.151. The number of halogens is 2. The topological polar surface area (TPSA) is 130 Å². The Morgan fingerprint density at radius 3 is 2.40 bits per heavy atom. The van der Waals surface area contributed by atoms with Gasteiger partial charge in [-0.3, -0.25) is 19.7 Å². The third-order valence-electron chi connectivity index (χ3n) is 10.1. The van der Waals surface area contributed by atoms with Crippen LogP contribution in [0.5, 0.6) is 5.75 Å². The van der Waals surface area contributed by atoms with Crippen LogP contribution in [0.1, 0.15) is 117 Å². The van der Waals surface area contributed by atoms with Gasteiger partial charge in [0.1, 0.15) is 29.0 Å². The van der Waals surface area contributed by atoms with Gasteiger partial charge in [0, 0.05) is 36.5 Å². The minimum absolute atomic E-state index is 0.0620. The number of likely N-dealkylation sites (tertiary alicyclic amines) is 1. The predicted molar refractivity (Wildman–Crippen MR) is 200 cm³/mol. The number of hydrogen-bond acceptors (Lipinski definition) is 8. The highest BCUT2D eigenvalue weighted by molar-refractivity contribution is 6.06. The molecule has 3 N–H and O–H groups in total. The molecule has 1 saturated carbocycles. The van der Waals surface area contributed by atoms with Crippen LogP contribution in [0.4, 0.5) is 20.3 Å². The van der Waals surface area contributed by atoms with Crippen LogP contribution in [0.2, 0.25) is 0 Å². The minimum Gasteiger partial charge on any atom is -0.490 e. The monoisotopic (exact) mass is 729 g/mol. The Hall–Kier alpha value is -4.91. The molecule has 5 heterocycles. The van der Waals surface area contributed by atoms with Crippen LogP contribution >= 0.6 is 0 Å². The van der Waals surface area contributed by atoms with Crippen molar-refractivity contribution in [3.8, 4) is 5.75 Å². The van der Waals surface area contributed by atoms with E-state index in [-0.39, 0.29) is 35.3 Å². The number of imidazole rings is 1.